The predicted octanol–water partition coefficient (Wildman–Crippen LogP) is 3.77. The number of rotatable bonds is 4. The fourth-order valence-corrected chi connectivity index (χ4v) is 3.47. The van der Waals surface area contributed by atoms with E-state index in [0.717, 1.165) is 11.3 Å². The third kappa shape index (κ3) is 3.00. The Morgan fingerprint density at radius 2 is 1.90 bits per heavy atom. The third-order valence-electron chi connectivity index (χ3n) is 4.60. The van der Waals surface area contributed by atoms with E-state index in [4.69, 9.17) is 5.73 Å². The van der Waals surface area contributed by atoms with E-state index in [1.807, 2.05) is 12.5 Å². The molecule has 1 aliphatic carbocycles. The number of halogens is 1. The van der Waals surface area contributed by atoms with Gasteiger partial charge >= 0.3 is 0 Å². The van der Waals surface area contributed by atoms with Crippen LogP contribution in [0.4, 0.5) is 4.39 Å². The van der Waals surface area contributed by atoms with Crippen molar-refractivity contribution in [2.24, 2.45) is 11.7 Å². The van der Waals surface area contributed by atoms with Crippen LogP contribution in [-0.2, 0) is 0 Å². The van der Waals surface area contributed by atoms with E-state index in [9.17, 15) is 4.39 Å². The SMILES string of the molecule is NCC(C1CCCCC1)n1cncc1-c1ccc(F)cc1. The largest absolute Gasteiger partial charge is 0.328 e. The van der Waals surface area contributed by atoms with Crippen molar-refractivity contribution >= 4 is 0 Å². The van der Waals surface area contributed by atoms with E-state index in [1.165, 1.54) is 44.2 Å². The van der Waals surface area contributed by atoms with Crippen molar-refractivity contribution < 1.29 is 4.39 Å². The molecule has 0 spiro atoms. The standard InChI is InChI=1S/C17H22FN3/c18-15-8-6-14(7-9-15)17-11-20-12-21(17)16(10-19)13-4-2-1-3-5-13/h6-9,11-13,16H,1-5,10,19H2. The Labute approximate surface area is 125 Å². The quantitative estimate of drug-likeness (QED) is 0.930. The molecule has 3 nitrogen and oxygen atoms in total. The molecular weight excluding hydrogens is 265 g/mol. The fraction of sp³-hybridized carbons (Fsp3) is 0.471. The number of benzene rings is 1. The summed E-state index contributed by atoms with van der Waals surface area (Å²) < 4.78 is 15.3. The summed E-state index contributed by atoms with van der Waals surface area (Å²) in [6.07, 6.45) is 10.1. The van der Waals surface area contributed by atoms with Crippen molar-refractivity contribution in [3.8, 4) is 11.3 Å². The highest BCUT2D eigenvalue weighted by Crippen LogP contribution is 2.34. The molecule has 4 heteroatoms. The fourth-order valence-electron chi connectivity index (χ4n) is 3.47. The van der Waals surface area contributed by atoms with E-state index in [2.05, 4.69) is 9.55 Å². The predicted molar refractivity (Wildman–Crippen MR) is 82.3 cm³/mol. The first kappa shape index (κ1) is 14.3. The summed E-state index contributed by atoms with van der Waals surface area (Å²) in [4.78, 5) is 4.30. The Morgan fingerprint density at radius 3 is 2.57 bits per heavy atom. The van der Waals surface area contributed by atoms with Crippen LogP contribution in [0.2, 0.25) is 0 Å². The topological polar surface area (TPSA) is 43.8 Å². The molecule has 1 aromatic carbocycles. The second kappa shape index (κ2) is 6.39. The van der Waals surface area contributed by atoms with E-state index >= 15 is 0 Å². The zero-order valence-electron chi connectivity index (χ0n) is 12.2. The van der Waals surface area contributed by atoms with E-state index in [0.29, 0.717) is 12.5 Å². The van der Waals surface area contributed by atoms with Gasteiger partial charge in [-0.3, -0.25) is 0 Å². The molecule has 21 heavy (non-hydrogen) atoms. The Kier molecular flexibility index (Phi) is 4.34. The maximum absolute atomic E-state index is 13.1. The lowest BCUT2D eigenvalue weighted by molar-refractivity contribution is 0.255. The lowest BCUT2D eigenvalue weighted by atomic mass is 9.83. The van der Waals surface area contributed by atoms with Crippen molar-refractivity contribution in [3.05, 3.63) is 42.6 Å². The minimum Gasteiger partial charge on any atom is -0.328 e. The van der Waals surface area contributed by atoms with Crippen LogP contribution in [0.15, 0.2) is 36.8 Å². The molecule has 0 bridgehead atoms. The highest BCUT2D eigenvalue weighted by molar-refractivity contribution is 5.58. The van der Waals surface area contributed by atoms with Gasteiger partial charge in [-0.1, -0.05) is 19.3 Å². The molecular formula is C17H22FN3. The maximum atomic E-state index is 13.1. The molecule has 112 valence electrons. The van der Waals surface area contributed by atoms with Gasteiger partial charge in [0, 0.05) is 6.54 Å². The molecule has 1 atom stereocenters. The second-order valence-electron chi connectivity index (χ2n) is 5.89. The van der Waals surface area contributed by atoms with Crippen LogP contribution in [0.3, 0.4) is 0 Å². The van der Waals surface area contributed by atoms with Gasteiger partial charge in [0.1, 0.15) is 5.82 Å². The van der Waals surface area contributed by atoms with Crippen LogP contribution in [-0.4, -0.2) is 16.1 Å². The van der Waals surface area contributed by atoms with Crippen molar-refractivity contribution in [2.75, 3.05) is 6.54 Å². The van der Waals surface area contributed by atoms with E-state index in [1.54, 1.807) is 12.1 Å². The summed E-state index contributed by atoms with van der Waals surface area (Å²) in [5.74, 6) is 0.407. The molecule has 1 fully saturated rings. The van der Waals surface area contributed by atoms with Gasteiger partial charge in [0.25, 0.3) is 0 Å². The van der Waals surface area contributed by atoms with Crippen LogP contribution >= 0.6 is 0 Å². The van der Waals surface area contributed by atoms with Crippen molar-refractivity contribution in [1.82, 2.24) is 9.55 Å². The molecule has 0 radical (unpaired) electrons. The molecule has 1 aromatic heterocycles. The van der Waals surface area contributed by atoms with Crippen LogP contribution in [0, 0.1) is 11.7 Å². The zero-order chi connectivity index (χ0) is 14.7. The Bertz CT molecular complexity index is 570. The van der Waals surface area contributed by atoms with Gasteiger partial charge in [-0.2, -0.15) is 0 Å². The van der Waals surface area contributed by atoms with Crippen LogP contribution in [0.25, 0.3) is 11.3 Å². The number of aromatic nitrogens is 2. The Hall–Kier alpha value is -1.68. The molecule has 1 unspecified atom stereocenters. The van der Waals surface area contributed by atoms with Gasteiger partial charge in [-0.05, 0) is 48.6 Å². The Morgan fingerprint density at radius 1 is 1.19 bits per heavy atom. The van der Waals surface area contributed by atoms with Gasteiger partial charge < -0.3 is 10.3 Å². The smallest absolute Gasteiger partial charge is 0.123 e. The molecule has 3 rings (SSSR count). The van der Waals surface area contributed by atoms with Gasteiger partial charge in [-0.25, -0.2) is 9.37 Å². The Balaban J connectivity index is 1.91. The summed E-state index contributed by atoms with van der Waals surface area (Å²) in [7, 11) is 0. The minimum absolute atomic E-state index is 0.215. The third-order valence-corrected chi connectivity index (χ3v) is 4.60. The highest BCUT2D eigenvalue weighted by Gasteiger charge is 2.25. The zero-order valence-corrected chi connectivity index (χ0v) is 12.2. The van der Waals surface area contributed by atoms with Crippen molar-refractivity contribution in [1.29, 1.82) is 0 Å². The van der Waals surface area contributed by atoms with Crippen LogP contribution in [0.5, 0.6) is 0 Å². The number of nitrogens with zero attached hydrogens (tertiary/aromatic N) is 2. The van der Waals surface area contributed by atoms with Crippen molar-refractivity contribution in [2.45, 2.75) is 38.1 Å². The number of nitrogens with two attached hydrogens (primary N) is 1. The highest BCUT2D eigenvalue weighted by atomic mass is 19.1. The average Bonchev–Trinajstić information content (AvgIpc) is 2.99. The minimum atomic E-state index is -0.215. The number of imidazole rings is 1. The van der Waals surface area contributed by atoms with Crippen LogP contribution < -0.4 is 5.73 Å². The second-order valence-corrected chi connectivity index (χ2v) is 5.89. The first-order chi connectivity index (χ1) is 10.3. The van der Waals surface area contributed by atoms with Gasteiger partial charge in [-0.15, -0.1) is 0 Å². The van der Waals surface area contributed by atoms with Crippen molar-refractivity contribution in [3.63, 3.8) is 0 Å². The van der Waals surface area contributed by atoms with Gasteiger partial charge in [0.2, 0.25) is 0 Å². The first-order valence-corrected chi connectivity index (χ1v) is 7.77. The average molecular weight is 287 g/mol. The first-order valence-electron chi connectivity index (χ1n) is 7.77. The number of hydrogen-bond donors (Lipinski definition) is 1. The molecule has 2 N–H and O–H groups in total. The molecule has 0 aliphatic heterocycles. The van der Waals surface area contributed by atoms with E-state index < -0.39 is 0 Å². The summed E-state index contributed by atoms with van der Waals surface area (Å²) in [6, 6.07) is 6.87. The summed E-state index contributed by atoms with van der Waals surface area (Å²) in [6.45, 7) is 0.620. The van der Waals surface area contributed by atoms with E-state index in [-0.39, 0.29) is 11.9 Å². The lowest BCUT2D eigenvalue weighted by Crippen LogP contribution is -2.28. The maximum Gasteiger partial charge on any atom is 0.123 e. The molecule has 1 heterocycles. The number of hydrogen-bond acceptors (Lipinski definition) is 2. The summed E-state index contributed by atoms with van der Waals surface area (Å²) >= 11 is 0. The molecule has 2 aromatic rings. The van der Waals surface area contributed by atoms with Crippen LogP contribution in [0.1, 0.15) is 38.1 Å². The molecule has 1 saturated carbocycles. The molecule has 0 amide bonds. The van der Waals surface area contributed by atoms with Gasteiger partial charge in [0.05, 0.1) is 24.3 Å². The van der Waals surface area contributed by atoms with Gasteiger partial charge in [0.15, 0.2) is 0 Å². The molecule has 1 aliphatic rings. The normalized spacial score (nSPS) is 17.8. The monoisotopic (exact) mass is 287 g/mol. The molecule has 0 saturated heterocycles. The summed E-state index contributed by atoms with van der Waals surface area (Å²) in [5.41, 5.74) is 8.07. The lowest BCUT2D eigenvalue weighted by Gasteiger charge is -2.31. The summed E-state index contributed by atoms with van der Waals surface area (Å²) in [5, 5.41) is 0.